The van der Waals surface area contributed by atoms with Crippen LogP contribution < -0.4 is 15.2 Å². The first-order valence-corrected chi connectivity index (χ1v) is 8.76. The number of ether oxygens (including phenoxy) is 2. The van der Waals surface area contributed by atoms with Crippen molar-refractivity contribution in [3.8, 4) is 11.5 Å². The second-order valence-corrected chi connectivity index (χ2v) is 6.57. The maximum Gasteiger partial charge on any atom is 0.127 e. The molecule has 0 spiro atoms. The number of methoxy groups -OCH3 is 2. The first kappa shape index (κ1) is 18.1. The van der Waals surface area contributed by atoms with E-state index in [-0.39, 0.29) is 5.76 Å². The van der Waals surface area contributed by atoms with Gasteiger partial charge in [-0.2, -0.15) is 0 Å². The van der Waals surface area contributed by atoms with E-state index in [9.17, 15) is 5.11 Å². The number of nitrogens with two attached hydrogens (primary N) is 1. The van der Waals surface area contributed by atoms with Crippen LogP contribution >= 0.6 is 0 Å². The van der Waals surface area contributed by atoms with Crippen molar-refractivity contribution in [2.75, 3.05) is 20.8 Å². The Labute approximate surface area is 154 Å². The van der Waals surface area contributed by atoms with Gasteiger partial charge in [0.25, 0.3) is 0 Å². The standard InChI is InChI=1S/C21H26N2O3/c1-25-20-8-7-17(21(11-20)26-2)13-23(14-19(24)12-22)18-9-15-5-3-4-6-16(15)10-18/h3-8,11-12,18,24H,9-10,13-14,22H2,1-2H3/b19-12-. The molecule has 138 valence electrons. The van der Waals surface area contributed by atoms with E-state index in [0.717, 1.165) is 29.9 Å². The van der Waals surface area contributed by atoms with Crippen molar-refractivity contribution in [1.82, 2.24) is 4.90 Å². The van der Waals surface area contributed by atoms with E-state index in [1.54, 1.807) is 14.2 Å². The van der Waals surface area contributed by atoms with Gasteiger partial charge in [-0.3, -0.25) is 4.90 Å². The topological polar surface area (TPSA) is 68.0 Å². The Bertz CT molecular complexity index is 764. The Hall–Kier alpha value is -2.66. The zero-order valence-electron chi connectivity index (χ0n) is 15.3. The molecule has 0 saturated heterocycles. The number of aliphatic hydroxyl groups excluding tert-OH is 1. The van der Waals surface area contributed by atoms with Crippen LogP contribution in [0.2, 0.25) is 0 Å². The first-order chi connectivity index (χ1) is 12.6. The Morgan fingerprint density at radius 1 is 1.15 bits per heavy atom. The normalized spacial score (nSPS) is 14.5. The fraction of sp³-hybridized carbons (Fsp3) is 0.333. The number of nitrogens with zero attached hydrogens (tertiary/aromatic N) is 1. The lowest BCUT2D eigenvalue weighted by Crippen LogP contribution is -2.37. The highest BCUT2D eigenvalue weighted by Crippen LogP contribution is 2.30. The van der Waals surface area contributed by atoms with Crippen LogP contribution in [-0.2, 0) is 19.4 Å². The van der Waals surface area contributed by atoms with Crippen molar-refractivity contribution >= 4 is 0 Å². The van der Waals surface area contributed by atoms with Crippen LogP contribution in [0.3, 0.4) is 0 Å². The van der Waals surface area contributed by atoms with E-state index < -0.39 is 0 Å². The first-order valence-electron chi connectivity index (χ1n) is 8.76. The molecule has 1 aliphatic carbocycles. The molecule has 0 saturated carbocycles. The van der Waals surface area contributed by atoms with Gasteiger partial charge >= 0.3 is 0 Å². The Kier molecular flexibility index (Phi) is 5.68. The third-order valence-corrected chi connectivity index (χ3v) is 4.97. The number of rotatable bonds is 7. The minimum Gasteiger partial charge on any atom is -0.509 e. The van der Waals surface area contributed by atoms with Crippen LogP contribution in [0.15, 0.2) is 54.4 Å². The van der Waals surface area contributed by atoms with Crippen LogP contribution in [0.25, 0.3) is 0 Å². The Morgan fingerprint density at radius 2 is 1.85 bits per heavy atom. The van der Waals surface area contributed by atoms with Crippen molar-refractivity contribution in [2.24, 2.45) is 5.73 Å². The molecule has 0 amide bonds. The number of benzene rings is 2. The summed E-state index contributed by atoms with van der Waals surface area (Å²) < 4.78 is 10.8. The van der Waals surface area contributed by atoms with Crippen molar-refractivity contribution in [1.29, 1.82) is 0 Å². The maximum atomic E-state index is 10.0. The summed E-state index contributed by atoms with van der Waals surface area (Å²) >= 11 is 0. The zero-order valence-corrected chi connectivity index (χ0v) is 15.3. The van der Waals surface area contributed by atoms with Gasteiger partial charge in [0.2, 0.25) is 0 Å². The molecule has 5 nitrogen and oxygen atoms in total. The monoisotopic (exact) mass is 354 g/mol. The van der Waals surface area contributed by atoms with Crippen LogP contribution in [-0.4, -0.2) is 36.8 Å². The highest BCUT2D eigenvalue weighted by Gasteiger charge is 2.27. The van der Waals surface area contributed by atoms with Gasteiger partial charge in [-0.1, -0.05) is 30.3 Å². The fourth-order valence-electron chi connectivity index (χ4n) is 3.57. The van der Waals surface area contributed by atoms with E-state index >= 15 is 0 Å². The zero-order chi connectivity index (χ0) is 18.5. The van der Waals surface area contributed by atoms with Crippen molar-refractivity contribution in [3.63, 3.8) is 0 Å². The summed E-state index contributed by atoms with van der Waals surface area (Å²) in [6.07, 6.45) is 3.19. The summed E-state index contributed by atoms with van der Waals surface area (Å²) in [5.41, 5.74) is 9.31. The molecular weight excluding hydrogens is 328 g/mol. The van der Waals surface area contributed by atoms with Gasteiger partial charge in [0.05, 0.1) is 20.8 Å². The summed E-state index contributed by atoms with van der Waals surface area (Å²) in [4.78, 5) is 2.25. The Balaban J connectivity index is 1.84. The van der Waals surface area contributed by atoms with Gasteiger partial charge in [0, 0.05) is 30.4 Å². The van der Waals surface area contributed by atoms with Crippen molar-refractivity contribution < 1.29 is 14.6 Å². The smallest absolute Gasteiger partial charge is 0.127 e. The van der Waals surface area contributed by atoms with Gasteiger partial charge in [-0.15, -0.1) is 0 Å². The summed E-state index contributed by atoms with van der Waals surface area (Å²) in [5.74, 6) is 1.71. The fourth-order valence-corrected chi connectivity index (χ4v) is 3.57. The molecule has 1 aliphatic rings. The summed E-state index contributed by atoms with van der Waals surface area (Å²) in [6, 6.07) is 14.6. The van der Waals surface area contributed by atoms with Crippen LogP contribution in [0.5, 0.6) is 11.5 Å². The highest BCUT2D eigenvalue weighted by molar-refractivity contribution is 5.41. The molecule has 26 heavy (non-hydrogen) atoms. The predicted octanol–water partition coefficient (Wildman–Crippen LogP) is 3.03. The van der Waals surface area contributed by atoms with E-state index in [0.29, 0.717) is 19.1 Å². The molecule has 0 bridgehead atoms. The third kappa shape index (κ3) is 3.94. The number of fused-ring (bicyclic) bond motifs is 1. The molecule has 0 aromatic heterocycles. The minimum atomic E-state index is 0.174. The van der Waals surface area contributed by atoms with Gasteiger partial charge in [0.15, 0.2) is 0 Å². The summed E-state index contributed by atoms with van der Waals surface area (Å²) in [5, 5.41) is 10.0. The maximum absolute atomic E-state index is 10.0. The van der Waals surface area contributed by atoms with Crippen molar-refractivity contribution in [3.05, 3.63) is 71.1 Å². The van der Waals surface area contributed by atoms with E-state index in [2.05, 4.69) is 29.2 Å². The van der Waals surface area contributed by atoms with E-state index in [4.69, 9.17) is 15.2 Å². The lowest BCUT2D eigenvalue weighted by molar-refractivity contribution is 0.180. The quantitative estimate of drug-likeness (QED) is 0.748. The lowest BCUT2D eigenvalue weighted by atomic mass is 10.1. The lowest BCUT2D eigenvalue weighted by Gasteiger charge is -2.29. The SMILES string of the molecule is COc1ccc(CN(C/C(O)=C/N)C2Cc3ccccc3C2)c(OC)c1. The average Bonchev–Trinajstić information content (AvgIpc) is 3.11. The van der Waals surface area contributed by atoms with Gasteiger partial charge in [-0.25, -0.2) is 0 Å². The number of aliphatic hydroxyl groups is 1. The Morgan fingerprint density at radius 3 is 2.42 bits per heavy atom. The molecule has 0 fully saturated rings. The van der Waals surface area contributed by atoms with Crippen molar-refractivity contribution in [2.45, 2.75) is 25.4 Å². The van der Waals surface area contributed by atoms with Gasteiger partial charge < -0.3 is 20.3 Å². The van der Waals surface area contributed by atoms with Gasteiger partial charge in [-0.05, 0) is 30.0 Å². The molecule has 0 unspecified atom stereocenters. The predicted molar refractivity (Wildman–Crippen MR) is 102 cm³/mol. The molecule has 2 aromatic rings. The summed E-state index contributed by atoms with van der Waals surface area (Å²) in [6.45, 7) is 1.06. The molecule has 3 rings (SSSR count). The average molecular weight is 354 g/mol. The third-order valence-electron chi connectivity index (χ3n) is 4.97. The molecular formula is C21H26N2O3. The molecule has 5 heteroatoms. The molecule has 3 N–H and O–H groups in total. The molecule has 0 atom stereocenters. The largest absolute Gasteiger partial charge is 0.509 e. The van der Waals surface area contributed by atoms with Crippen LogP contribution in [0, 0.1) is 0 Å². The van der Waals surface area contributed by atoms with Gasteiger partial charge in [0.1, 0.15) is 17.3 Å². The van der Waals surface area contributed by atoms with Crippen LogP contribution in [0.4, 0.5) is 0 Å². The van der Waals surface area contributed by atoms with Crippen LogP contribution in [0.1, 0.15) is 16.7 Å². The minimum absolute atomic E-state index is 0.174. The second-order valence-electron chi connectivity index (χ2n) is 6.57. The molecule has 0 radical (unpaired) electrons. The highest BCUT2D eigenvalue weighted by atomic mass is 16.5. The number of hydrogen-bond acceptors (Lipinski definition) is 5. The molecule has 0 aliphatic heterocycles. The number of hydrogen-bond donors (Lipinski definition) is 2. The molecule has 2 aromatic carbocycles. The second kappa shape index (κ2) is 8.15. The van der Waals surface area contributed by atoms with E-state index in [1.165, 1.54) is 17.3 Å². The molecule has 0 heterocycles. The summed E-state index contributed by atoms with van der Waals surface area (Å²) in [7, 11) is 3.30. The van der Waals surface area contributed by atoms with E-state index in [1.807, 2.05) is 18.2 Å².